The molecule has 1 fully saturated rings. The van der Waals surface area contributed by atoms with E-state index in [1.54, 1.807) is 12.3 Å². The molecule has 0 radical (unpaired) electrons. The summed E-state index contributed by atoms with van der Waals surface area (Å²) in [4.78, 5) is 15.6. The van der Waals surface area contributed by atoms with Crippen molar-refractivity contribution in [3.05, 3.63) is 28.5 Å². The fourth-order valence-corrected chi connectivity index (χ4v) is 1.69. The summed E-state index contributed by atoms with van der Waals surface area (Å²) < 4.78 is 0.768. The van der Waals surface area contributed by atoms with E-state index in [0.29, 0.717) is 5.56 Å². The topological polar surface area (TPSA) is 62.2 Å². The van der Waals surface area contributed by atoms with Crippen molar-refractivity contribution in [1.82, 2.24) is 10.3 Å². The molecule has 80 valence electrons. The Kier molecular flexibility index (Phi) is 2.75. The van der Waals surface area contributed by atoms with Gasteiger partial charge in [0.1, 0.15) is 0 Å². The van der Waals surface area contributed by atoms with Crippen molar-refractivity contribution in [2.75, 3.05) is 6.61 Å². The van der Waals surface area contributed by atoms with Crippen molar-refractivity contribution in [3.63, 3.8) is 0 Å². The molecular formula is C10H11BrN2O2. The van der Waals surface area contributed by atoms with Crippen LogP contribution in [0, 0.1) is 0 Å². The molecule has 2 N–H and O–H groups in total. The Morgan fingerprint density at radius 2 is 2.33 bits per heavy atom. The van der Waals surface area contributed by atoms with Crippen molar-refractivity contribution in [2.24, 2.45) is 0 Å². The molecule has 1 aliphatic carbocycles. The van der Waals surface area contributed by atoms with Gasteiger partial charge in [0.15, 0.2) is 0 Å². The Hall–Kier alpha value is -0.940. The second-order valence-electron chi connectivity index (χ2n) is 3.78. The number of aromatic nitrogens is 1. The smallest absolute Gasteiger partial charge is 0.253 e. The minimum Gasteiger partial charge on any atom is -0.394 e. The van der Waals surface area contributed by atoms with E-state index >= 15 is 0 Å². The molecule has 1 aromatic heterocycles. The number of halogens is 1. The summed E-state index contributed by atoms with van der Waals surface area (Å²) in [6.07, 6.45) is 4.82. The van der Waals surface area contributed by atoms with Gasteiger partial charge in [-0.05, 0) is 34.8 Å². The standard InChI is InChI=1S/C10H11BrN2O2/c11-8-3-7(4-12-5-8)9(15)13-10(6-14)1-2-10/h3-5,14H,1-2,6H2,(H,13,15). The summed E-state index contributed by atoms with van der Waals surface area (Å²) >= 11 is 3.25. The van der Waals surface area contributed by atoms with Gasteiger partial charge >= 0.3 is 0 Å². The number of rotatable bonds is 3. The van der Waals surface area contributed by atoms with Crippen molar-refractivity contribution in [3.8, 4) is 0 Å². The molecule has 4 nitrogen and oxygen atoms in total. The van der Waals surface area contributed by atoms with E-state index in [-0.39, 0.29) is 18.1 Å². The van der Waals surface area contributed by atoms with Crippen LogP contribution in [0.1, 0.15) is 23.2 Å². The lowest BCUT2D eigenvalue weighted by molar-refractivity contribution is 0.0906. The van der Waals surface area contributed by atoms with E-state index in [1.807, 2.05) is 0 Å². The Labute approximate surface area is 95.8 Å². The van der Waals surface area contributed by atoms with Gasteiger partial charge in [0.05, 0.1) is 17.7 Å². The number of hydrogen-bond acceptors (Lipinski definition) is 3. The minimum atomic E-state index is -0.376. The number of hydrogen-bond donors (Lipinski definition) is 2. The zero-order chi connectivity index (χ0) is 10.9. The lowest BCUT2D eigenvalue weighted by atomic mass is 10.2. The number of aliphatic hydroxyl groups excluding tert-OH is 1. The SMILES string of the molecule is O=C(NC1(CO)CC1)c1cncc(Br)c1. The van der Waals surface area contributed by atoms with E-state index in [2.05, 4.69) is 26.2 Å². The summed E-state index contributed by atoms with van der Waals surface area (Å²) in [6, 6.07) is 1.70. The molecule has 1 heterocycles. The van der Waals surface area contributed by atoms with Crippen LogP contribution >= 0.6 is 15.9 Å². The first-order chi connectivity index (χ1) is 7.15. The highest BCUT2D eigenvalue weighted by Crippen LogP contribution is 2.34. The molecule has 0 aromatic carbocycles. The summed E-state index contributed by atoms with van der Waals surface area (Å²) in [5.41, 5.74) is 0.128. The normalized spacial score (nSPS) is 17.2. The average Bonchev–Trinajstić information content (AvgIpc) is 2.98. The molecular weight excluding hydrogens is 260 g/mol. The molecule has 0 aliphatic heterocycles. The largest absolute Gasteiger partial charge is 0.394 e. The highest BCUT2D eigenvalue weighted by molar-refractivity contribution is 9.10. The minimum absolute atomic E-state index is 0.000170. The number of nitrogens with zero attached hydrogens (tertiary/aromatic N) is 1. The first kappa shape index (κ1) is 10.6. The molecule has 5 heteroatoms. The molecule has 1 saturated carbocycles. The van der Waals surface area contributed by atoms with Gasteiger partial charge in [0.25, 0.3) is 5.91 Å². The maximum atomic E-state index is 11.7. The molecule has 0 unspecified atom stereocenters. The van der Waals surface area contributed by atoms with E-state index in [0.717, 1.165) is 17.3 Å². The Morgan fingerprint density at radius 1 is 1.60 bits per heavy atom. The number of carbonyl (C=O) groups excluding carboxylic acids is 1. The van der Waals surface area contributed by atoms with Crippen LogP contribution in [0.4, 0.5) is 0 Å². The summed E-state index contributed by atoms with van der Waals surface area (Å²) in [5.74, 6) is -0.185. The predicted molar refractivity (Wildman–Crippen MR) is 58.5 cm³/mol. The summed E-state index contributed by atoms with van der Waals surface area (Å²) in [5, 5.41) is 11.9. The van der Waals surface area contributed by atoms with E-state index in [1.165, 1.54) is 6.20 Å². The highest BCUT2D eigenvalue weighted by Gasteiger charge is 2.43. The van der Waals surface area contributed by atoms with Crippen molar-refractivity contribution >= 4 is 21.8 Å². The molecule has 0 bridgehead atoms. The first-order valence-corrected chi connectivity index (χ1v) is 5.48. The first-order valence-electron chi connectivity index (χ1n) is 4.69. The van der Waals surface area contributed by atoms with Crippen molar-refractivity contribution in [1.29, 1.82) is 0 Å². The zero-order valence-electron chi connectivity index (χ0n) is 8.03. The van der Waals surface area contributed by atoms with Gasteiger partial charge in [-0.2, -0.15) is 0 Å². The average molecular weight is 271 g/mol. The van der Waals surface area contributed by atoms with Crippen molar-refractivity contribution in [2.45, 2.75) is 18.4 Å². The second-order valence-corrected chi connectivity index (χ2v) is 4.70. The molecule has 0 spiro atoms. The third-order valence-electron chi connectivity index (χ3n) is 2.50. The number of carbonyl (C=O) groups is 1. The Morgan fingerprint density at radius 3 is 2.87 bits per heavy atom. The zero-order valence-corrected chi connectivity index (χ0v) is 9.62. The van der Waals surface area contributed by atoms with Gasteiger partial charge in [0.2, 0.25) is 0 Å². The number of aliphatic hydroxyl groups is 1. The number of nitrogens with one attached hydrogen (secondary N) is 1. The monoisotopic (exact) mass is 270 g/mol. The van der Waals surface area contributed by atoms with Crippen LogP contribution in [0.2, 0.25) is 0 Å². The Balaban J connectivity index is 2.08. The maximum Gasteiger partial charge on any atom is 0.253 e. The Bertz CT molecular complexity index is 391. The fourth-order valence-electron chi connectivity index (χ4n) is 1.32. The van der Waals surface area contributed by atoms with Gasteiger partial charge in [0, 0.05) is 16.9 Å². The van der Waals surface area contributed by atoms with Crippen LogP contribution in [0.15, 0.2) is 22.9 Å². The lowest BCUT2D eigenvalue weighted by Gasteiger charge is -2.13. The highest BCUT2D eigenvalue weighted by atomic mass is 79.9. The van der Waals surface area contributed by atoms with Gasteiger partial charge in [-0.15, -0.1) is 0 Å². The second kappa shape index (κ2) is 3.90. The molecule has 1 amide bonds. The van der Waals surface area contributed by atoms with Gasteiger partial charge in [-0.3, -0.25) is 9.78 Å². The summed E-state index contributed by atoms with van der Waals surface area (Å²) in [7, 11) is 0. The molecule has 1 aliphatic rings. The van der Waals surface area contributed by atoms with Crippen LogP contribution < -0.4 is 5.32 Å². The van der Waals surface area contributed by atoms with Gasteiger partial charge in [-0.1, -0.05) is 0 Å². The van der Waals surface area contributed by atoms with Crippen LogP contribution in [-0.4, -0.2) is 28.1 Å². The van der Waals surface area contributed by atoms with Crippen molar-refractivity contribution < 1.29 is 9.90 Å². The van der Waals surface area contributed by atoms with Gasteiger partial charge in [-0.25, -0.2) is 0 Å². The predicted octanol–water partition coefficient (Wildman–Crippen LogP) is 1.10. The van der Waals surface area contributed by atoms with E-state index in [4.69, 9.17) is 5.11 Å². The quantitative estimate of drug-likeness (QED) is 0.865. The van der Waals surface area contributed by atoms with E-state index in [9.17, 15) is 4.79 Å². The molecule has 2 rings (SSSR count). The van der Waals surface area contributed by atoms with Crippen LogP contribution in [0.3, 0.4) is 0 Å². The van der Waals surface area contributed by atoms with E-state index < -0.39 is 0 Å². The number of pyridine rings is 1. The molecule has 0 saturated heterocycles. The third-order valence-corrected chi connectivity index (χ3v) is 2.94. The number of amides is 1. The maximum absolute atomic E-state index is 11.7. The van der Waals surface area contributed by atoms with Crippen LogP contribution in [-0.2, 0) is 0 Å². The molecule has 0 atom stereocenters. The fraction of sp³-hybridized carbons (Fsp3) is 0.400. The summed E-state index contributed by atoms with van der Waals surface area (Å²) in [6.45, 7) is 0.000170. The van der Waals surface area contributed by atoms with Crippen LogP contribution in [0.5, 0.6) is 0 Å². The van der Waals surface area contributed by atoms with Crippen LogP contribution in [0.25, 0.3) is 0 Å². The molecule has 1 aromatic rings. The lowest BCUT2D eigenvalue weighted by Crippen LogP contribution is -2.39. The van der Waals surface area contributed by atoms with Gasteiger partial charge < -0.3 is 10.4 Å². The molecule has 15 heavy (non-hydrogen) atoms. The third kappa shape index (κ3) is 2.35.